The quantitative estimate of drug-likeness (QED) is 0.0855. The minimum atomic E-state index is -1.37. The number of nitrogens with two attached hydrogens (primary N) is 3. The second-order valence-electron chi connectivity index (χ2n) is 6.23. The van der Waals surface area contributed by atoms with E-state index in [4.69, 9.17) is 22.3 Å². The first-order valence-electron chi connectivity index (χ1n) is 8.93. The molecule has 3 unspecified atom stereocenters. The Kier molecular flexibility index (Phi) is 13.2. The van der Waals surface area contributed by atoms with Gasteiger partial charge in [-0.1, -0.05) is 0 Å². The molecule has 0 aromatic carbocycles. The number of thioether (sulfide) groups is 1. The highest BCUT2D eigenvalue weighted by molar-refractivity contribution is 7.98. The SMILES string of the molecule is CSCCC(NC(=O)C(N)CCCN=C(N)N)C(=O)NC(CCC(=O)O)C(=O)O. The molecule has 0 saturated carbocycles. The molecule has 29 heavy (non-hydrogen) atoms. The molecule has 12 nitrogen and oxygen atoms in total. The molecule has 0 radical (unpaired) electrons. The molecule has 0 aliphatic heterocycles. The van der Waals surface area contributed by atoms with Crippen molar-refractivity contribution in [3.8, 4) is 0 Å². The van der Waals surface area contributed by atoms with Gasteiger partial charge in [-0.2, -0.15) is 11.8 Å². The number of nitrogens with one attached hydrogen (secondary N) is 2. The molecule has 0 rings (SSSR count). The fourth-order valence-electron chi connectivity index (χ4n) is 2.23. The summed E-state index contributed by atoms with van der Waals surface area (Å²) in [5, 5.41) is 22.7. The highest BCUT2D eigenvalue weighted by Crippen LogP contribution is 2.05. The molecule has 10 N–H and O–H groups in total. The number of amides is 2. The number of carboxylic acids is 2. The maximum absolute atomic E-state index is 12.5. The van der Waals surface area contributed by atoms with Crippen molar-refractivity contribution < 1.29 is 29.4 Å². The fraction of sp³-hybridized carbons (Fsp3) is 0.688. The van der Waals surface area contributed by atoms with E-state index in [1.807, 2.05) is 6.26 Å². The summed E-state index contributed by atoms with van der Waals surface area (Å²) in [4.78, 5) is 50.5. The number of rotatable bonds is 15. The van der Waals surface area contributed by atoms with E-state index in [0.29, 0.717) is 18.7 Å². The Morgan fingerprint density at radius 2 is 1.62 bits per heavy atom. The molecule has 3 atom stereocenters. The van der Waals surface area contributed by atoms with Crippen molar-refractivity contribution in [2.24, 2.45) is 22.2 Å². The Balaban J connectivity index is 4.88. The normalized spacial score (nSPS) is 13.6. The first-order valence-corrected chi connectivity index (χ1v) is 10.3. The van der Waals surface area contributed by atoms with Crippen LogP contribution in [0.4, 0.5) is 0 Å². The summed E-state index contributed by atoms with van der Waals surface area (Å²) in [7, 11) is 0. The van der Waals surface area contributed by atoms with Crippen LogP contribution in [0.2, 0.25) is 0 Å². The zero-order valence-electron chi connectivity index (χ0n) is 16.3. The van der Waals surface area contributed by atoms with Crippen LogP contribution in [0.1, 0.15) is 32.1 Å². The van der Waals surface area contributed by atoms with Crippen LogP contribution in [0.3, 0.4) is 0 Å². The van der Waals surface area contributed by atoms with Gasteiger partial charge < -0.3 is 38.0 Å². The number of carbonyl (C=O) groups is 4. The Morgan fingerprint density at radius 3 is 2.14 bits per heavy atom. The van der Waals surface area contributed by atoms with Gasteiger partial charge in [-0.25, -0.2) is 4.79 Å². The number of hydrogen-bond acceptors (Lipinski definition) is 7. The number of hydrogen-bond donors (Lipinski definition) is 7. The van der Waals surface area contributed by atoms with Gasteiger partial charge in [-0.3, -0.25) is 19.4 Å². The molecule has 0 aromatic heterocycles. The van der Waals surface area contributed by atoms with Gasteiger partial charge in [0.15, 0.2) is 5.96 Å². The first-order chi connectivity index (χ1) is 13.6. The second-order valence-corrected chi connectivity index (χ2v) is 7.22. The minimum Gasteiger partial charge on any atom is -0.481 e. The molecule has 2 amide bonds. The number of aliphatic imine (C=N–C) groups is 1. The minimum absolute atomic E-state index is 0.0623. The van der Waals surface area contributed by atoms with Crippen molar-refractivity contribution in [2.75, 3.05) is 18.6 Å². The van der Waals surface area contributed by atoms with Crippen LogP contribution in [0.25, 0.3) is 0 Å². The zero-order chi connectivity index (χ0) is 22.4. The predicted molar refractivity (Wildman–Crippen MR) is 109 cm³/mol. The highest BCUT2D eigenvalue weighted by Gasteiger charge is 2.27. The van der Waals surface area contributed by atoms with Crippen molar-refractivity contribution in [3.05, 3.63) is 0 Å². The van der Waals surface area contributed by atoms with Crippen molar-refractivity contribution in [3.63, 3.8) is 0 Å². The Hall–Kier alpha value is -2.54. The molecular formula is C16H30N6O6S. The van der Waals surface area contributed by atoms with Crippen LogP contribution in [-0.4, -0.2) is 76.6 Å². The van der Waals surface area contributed by atoms with Crippen LogP contribution in [-0.2, 0) is 19.2 Å². The molecular weight excluding hydrogens is 404 g/mol. The summed E-state index contributed by atoms with van der Waals surface area (Å²) in [6.07, 6.45) is 2.13. The standard InChI is InChI=1S/C16H30N6O6S/c1-29-8-6-10(14(26)22-11(15(27)28)4-5-12(23)24)21-13(25)9(17)3-2-7-20-16(18)19/h9-11H,2-8,17H2,1H3,(H,21,25)(H,22,26)(H,23,24)(H,27,28)(H4,18,19,20). The van der Waals surface area contributed by atoms with Gasteiger partial charge >= 0.3 is 11.9 Å². The molecule has 13 heteroatoms. The summed E-state index contributed by atoms with van der Waals surface area (Å²) < 4.78 is 0. The topological polar surface area (TPSA) is 223 Å². The number of carboxylic acid groups (broad SMARTS) is 2. The zero-order valence-corrected chi connectivity index (χ0v) is 17.1. The maximum Gasteiger partial charge on any atom is 0.326 e. The lowest BCUT2D eigenvalue weighted by Crippen LogP contribution is -2.54. The van der Waals surface area contributed by atoms with Crippen LogP contribution < -0.4 is 27.8 Å². The van der Waals surface area contributed by atoms with Gasteiger partial charge in [-0.05, 0) is 37.7 Å². The van der Waals surface area contributed by atoms with Crippen LogP contribution in [0, 0.1) is 0 Å². The Labute approximate surface area is 173 Å². The summed E-state index contributed by atoms with van der Waals surface area (Å²) in [5.41, 5.74) is 16.2. The van der Waals surface area contributed by atoms with Gasteiger partial charge in [0.25, 0.3) is 0 Å². The van der Waals surface area contributed by atoms with Gasteiger partial charge in [0.1, 0.15) is 12.1 Å². The molecule has 0 fully saturated rings. The number of carbonyl (C=O) groups excluding carboxylic acids is 2. The average Bonchev–Trinajstić information content (AvgIpc) is 2.64. The van der Waals surface area contributed by atoms with Gasteiger partial charge in [0, 0.05) is 13.0 Å². The summed E-state index contributed by atoms with van der Waals surface area (Å²) >= 11 is 1.45. The molecule has 0 aliphatic carbocycles. The van der Waals surface area contributed by atoms with E-state index in [1.165, 1.54) is 11.8 Å². The third-order valence-electron chi connectivity index (χ3n) is 3.81. The first kappa shape index (κ1) is 26.5. The lowest BCUT2D eigenvalue weighted by molar-refractivity contribution is -0.143. The van der Waals surface area contributed by atoms with Crippen LogP contribution in [0.15, 0.2) is 4.99 Å². The summed E-state index contributed by atoms with van der Waals surface area (Å²) in [6.45, 7) is 0.309. The third-order valence-corrected chi connectivity index (χ3v) is 4.45. The second kappa shape index (κ2) is 14.5. The van der Waals surface area contributed by atoms with Gasteiger partial charge in [-0.15, -0.1) is 0 Å². The Morgan fingerprint density at radius 1 is 1.00 bits per heavy atom. The van der Waals surface area contributed by atoms with Crippen molar-refractivity contribution in [2.45, 2.75) is 50.2 Å². The van der Waals surface area contributed by atoms with E-state index < -0.39 is 48.3 Å². The monoisotopic (exact) mass is 434 g/mol. The molecule has 0 spiro atoms. The lowest BCUT2D eigenvalue weighted by atomic mass is 10.1. The van der Waals surface area contributed by atoms with Crippen LogP contribution in [0.5, 0.6) is 0 Å². The third kappa shape index (κ3) is 12.5. The van der Waals surface area contributed by atoms with Crippen molar-refractivity contribution >= 4 is 41.5 Å². The van der Waals surface area contributed by atoms with Crippen LogP contribution >= 0.6 is 11.8 Å². The summed E-state index contributed by atoms with van der Waals surface area (Å²) in [6, 6.07) is -3.26. The Bertz CT molecular complexity index is 598. The number of nitrogens with zero attached hydrogens (tertiary/aromatic N) is 1. The maximum atomic E-state index is 12.5. The molecule has 0 heterocycles. The van der Waals surface area contributed by atoms with Gasteiger partial charge in [0.2, 0.25) is 11.8 Å². The molecule has 166 valence electrons. The van der Waals surface area contributed by atoms with E-state index in [9.17, 15) is 24.3 Å². The molecule has 0 aliphatic rings. The highest BCUT2D eigenvalue weighted by atomic mass is 32.2. The van der Waals surface area contributed by atoms with E-state index in [2.05, 4.69) is 15.6 Å². The van der Waals surface area contributed by atoms with E-state index in [-0.39, 0.29) is 25.2 Å². The average molecular weight is 435 g/mol. The number of guanidine groups is 1. The molecule has 0 saturated heterocycles. The lowest BCUT2D eigenvalue weighted by Gasteiger charge is -2.22. The largest absolute Gasteiger partial charge is 0.481 e. The van der Waals surface area contributed by atoms with E-state index in [1.54, 1.807) is 0 Å². The van der Waals surface area contributed by atoms with E-state index in [0.717, 1.165) is 0 Å². The predicted octanol–water partition coefficient (Wildman–Crippen LogP) is -1.96. The molecule has 0 bridgehead atoms. The smallest absolute Gasteiger partial charge is 0.326 e. The number of aliphatic carboxylic acids is 2. The van der Waals surface area contributed by atoms with Crippen molar-refractivity contribution in [1.82, 2.24) is 10.6 Å². The van der Waals surface area contributed by atoms with Gasteiger partial charge in [0.05, 0.1) is 6.04 Å². The summed E-state index contributed by atoms with van der Waals surface area (Å²) in [5.74, 6) is -3.33. The molecule has 0 aromatic rings. The van der Waals surface area contributed by atoms with Crippen molar-refractivity contribution in [1.29, 1.82) is 0 Å². The fourth-order valence-corrected chi connectivity index (χ4v) is 2.70. The van der Waals surface area contributed by atoms with E-state index >= 15 is 0 Å².